The van der Waals surface area contributed by atoms with E-state index >= 15 is 0 Å². The molecule has 3 N–H and O–H groups in total. The largest absolute Gasteiger partial charge is 0.338 e. The minimum absolute atomic E-state index is 0.139. The van der Waals surface area contributed by atoms with Crippen molar-refractivity contribution >= 4 is 29.2 Å². The van der Waals surface area contributed by atoms with E-state index in [0.29, 0.717) is 29.6 Å². The van der Waals surface area contributed by atoms with Crippen LogP contribution in [0.2, 0.25) is 10.0 Å². The summed E-state index contributed by atoms with van der Waals surface area (Å²) < 4.78 is 0. The second-order valence-corrected chi connectivity index (χ2v) is 6.10. The summed E-state index contributed by atoms with van der Waals surface area (Å²) in [7, 11) is 0. The van der Waals surface area contributed by atoms with Crippen LogP contribution in [0.15, 0.2) is 18.2 Å². The molecule has 1 aliphatic rings. The number of halogens is 2. The molecule has 0 radical (unpaired) electrons. The number of urea groups is 1. The third-order valence-corrected chi connectivity index (χ3v) is 4.21. The fraction of sp³-hybridized carbons (Fsp3) is 0.533. The summed E-state index contributed by atoms with van der Waals surface area (Å²) in [6.07, 6.45) is 0.682. The van der Waals surface area contributed by atoms with Crippen LogP contribution in [0, 0.1) is 0 Å². The molecule has 0 bridgehead atoms. The average molecular weight is 345 g/mol. The number of carbonyl (C=O) groups excluding carboxylic acids is 1. The zero-order valence-corrected chi connectivity index (χ0v) is 14.0. The van der Waals surface area contributed by atoms with Gasteiger partial charge in [-0.2, -0.15) is 0 Å². The predicted molar refractivity (Wildman–Crippen MR) is 90.9 cm³/mol. The van der Waals surface area contributed by atoms with E-state index in [1.807, 2.05) is 6.07 Å². The zero-order chi connectivity index (χ0) is 15.8. The van der Waals surface area contributed by atoms with Gasteiger partial charge in [0.2, 0.25) is 0 Å². The molecule has 1 fully saturated rings. The lowest BCUT2D eigenvalue weighted by Crippen LogP contribution is -2.47. The Hall–Kier alpha value is -1.01. The van der Waals surface area contributed by atoms with Crippen molar-refractivity contribution in [3.05, 3.63) is 33.8 Å². The molecular weight excluding hydrogens is 323 g/mol. The molecule has 0 spiro atoms. The van der Waals surface area contributed by atoms with Crippen molar-refractivity contribution in [2.24, 2.45) is 0 Å². The van der Waals surface area contributed by atoms with Gasteiger partial charge < -0.3 is 16.0 Å². The van der Waals surface area contributed by atoms with Gasteiger partial charge in [-0.25, -0.2) is 4.79 Å². The number of hydrogen-bond donors (Lipinski definition) is 3. The molecule has 7 heteroatoms. The lowest BCUT2D eigenvalue weighted by molar-refractivity contribution is 0.227. The first-order valence-corrected chi connectivity index (χ1v) is 8.29. The summed E-state index contributed by atoms with van der Waals surface area (Å²) in [5.41, 5.74) is 0.979. The van der Waals surface area contributed by atoms with Crippen LogP contribution in [0.3, 0.4) is 0 Å². The van der Waals surface area contributed by atoms with E-state index in [4.69, 9.17) is 23.2 Å². The molecule has 1 aliphatic heterocycles. The van der Waals surface area contributed by atoms with Crippen LogP contribution < -0.4 is 16.0 Å². The van der Waals surface area contributed by atoms with Crippen molar-refractivity contribution < 1.29 is 4.79 Å². The number of benzene rings is 1. The monoisotopic (exact) mass is 344 g/mol. The van der Waals surface area contributed by atoms with Crippen LogP contribution in [0.4, 0.5) is 4.79 Å². The van der Waals surface area contributed by atoms with Gasteiger partial charge in [0.05, 0.1) is 0 Å². The maximum atomic E-state index is 11.7. The lowest BCUT2D eigenvalue weighted by Gasteiger charge is -2.27. The molecule has 1 saturated heterocycles. The van der Waals surface area contributed by atoms with Gasteiger partial charge in [0.25, 0.3) is 0 Å². The fourth-order valence-corrected chi connectivity index (χ4v) is 2.86. The Labute approximate surface area is 141 Å². The van der Waals surface area contributed by atoms with E-state index in [2.05, 4.69) is 20.9 Å². The second kappa shape index (κ2) is 9.20. The molecular formula is C15H22Cl2N4O. The smallest absolute Gasteiger partial charge is 0.314 e. The Balaban J connectivity index is 1.59. The summed E-state index contributed by atoms with van der Waals surface area (Å²) in [6.45, 7) is 6.21. The Kier molecular flexibility index (Phi) is 7.25. The van der Waals surface area contributed by atoms with Crippen molar-refractivity contribution in [2.45, 2.75) is 6.42 Å². The first-order valence-electron chi connectivity index (χ1n) is 7.54. The van der Waals surface area contributed by atoms with Crippen LogP contribution >= 0.6 is 23.2 Å². The normalized spacial score (nSPS) is 15.5. The highest BCUT2D eigenvalue weighted by Gasteiger charge is 2.09. The van der Waals surface area contributed by atoms with Gasteiger partial charge in [-0.1, -0.05) is 29.3 Å². The van der Waals surface area contributed by atoms with Crippen molar-refractivity contribution in [1.82, 2.24) is 20.9 Å². The predicted octanol–water partition coefficient (Wildman–Crippen LogP) is 1.74. The summed E-state index contributed by atoms with van der Waals surface area (Å²) in [5, 5.41) is 10.3. The topological polar surface area (TPSA) is 56.4 Å². The number of nitrogens with one attached hydrogen (secondary N) is 3. The van der Waals surface area contributed by atoms with Crippen LogP contribution in [-0.4, -0.2) is 56.7 Å². The van der Waals surface area contributed by atoms with E-state index in [9.17, 15) is 4.79 Å². The maximum absolute atomic E-state index is 11.7. The quantitative estimate of drug-likeness (QED) is 0.736. The minimum Gasteiger partial charge on any atom is -0.338 e. The van der Waals surface area contributed by atoms with Crippen molar-refractivity contribution in [2.75, 3.05) is 45.8 Å². The van der Waals surface area contributed by atoms with Crippen LogP contribution in [0.1, 0.15) is 5.56 Å². The summed E-state index contributed by atoms with van der Waals surface area (Å²) in [4.78, 5) is 14.0. The average Bonchev–Trinajstić information content (AvgIpc) is 2.50. The molecule has 0 aromatic heterocycles. The van der Waals surface area contributed by atoms with E-state index in [1.165, 1.54) is 0 Å². The third kappa shape index (κ3) is 6.01. The van der Waals surface area contributed by atoms with Gasteiger partial charge in [-0.15, -0.1) is 0 Å². The number of amides is 2. The number of nitrogens with zero attached hydrogens (tertiary/aromatic N) is 1. The Morgan fingerprint density at radius 2 is 1.91 bits per heavy atom. The maximum Gasteiger partial charge on any atom is 0.314 e. The Bertz CT molecular complexity index is 492. The first kappa shape index (κ1) is 17.3. The molecule has 2 rings (SSSR count). The van der Waals surface area contributed by atoms with Crippen LogP contribution in [-0.2, 0) is 6.42 Å². The van der Waals surface area contributed by atoms with Crippen LogP contribution in [0.25, 0.3) is 0 Å². The van der Waals surface area contributed by atoms with Crippen molar-refractivity contribution in [1.29, 1.82) is 0 Å². The first-order chi connectivity index (χ1) is 10.6. The van der Waals surface area contributed by atoms with Gasteiger partial charge in [-0.05, 0) is 24.1 Å². The third-order valence-electron chi connectivity index (χ3n) is 3.62. The number of carbonyl (C=O) groups is 1. The summed E-state index contributed by atoms with van der Waals surface area (Å²) in [5.74, 6) is 0. The van der Waals surface area contributed by atoms with E-state index in [1.54, 1.807) is 12.1 Å². The number of piperazine rings is 1. The van der Waals surface area contributed by atoms with Gasteiger partial charge in [0.15, 0.2) is 0 Å². The number of hydrogen-bond acceptors (Lipinski definition) is 3. The molecule has 1 heterocycles. The van der Waals surface area contributed by atoms with Gasteiger partial charge >= 0.3 is 6.03 Å². The van der Waals surface area contributed by atoms with Crippen LogP contribution in [0.5, 0.6) is 0 Å². The van der Waals surface area contributed by atoms with E-state index in [-0.39, 0.29) is 6.03 Å². The molecule has 5 nitrogen and oxygen atoms in total. The summed E-state index contributed by atoms with van der Waals surface area (Å²) in [6, 6.07) is 5.26. The number of rotatable bonds is 6. The Morgan fingerprint density at radius 1 is 1.18 bits per heavy atom. The second-order valence-electron chi connectivity index (χ2n) is 5.26. The minimum atomic E-state index is -0.139. The highest BCUT2D eigenvalue weighted by Crippen LogP contribution is 2.20. The van der Waals surface area contributed by atoms with Gasteiger partial charge in [0.1, 0.15) is 0 Å². The van der Waals surface area contributed by atoms with Gasteiger partial charge in [0, 0.05) is 55.9 Å². The Morgan fingerprint density at radius 3 is 2.64 bits per heavy atom. The highest BCUT2D eigenvalue weighted by atomic mass is 35.5. The standard InChI is InChI=1S/C15H22Cl2N4O/c16-13-2-1-12(14(17)11-13)3-4-19-15(22)20-7-10-21-8-5-18-6-9-21/h1-2,11,18H,3-10H2,(H2,19,20,22). The fourth-order valence-electron chi connectivity index (χ4n) is 2.36. The molecule has 122 valence electrons. The SMILES string of the molecule is O=C(NCCc1ccc(Cl)cc1Cl)NCCN1CCNCC1. The highest BCUT2D eigenvalue weighted by molar-refractivity contribution is 6.35. The zero-order valence-electron chi connectivity index (χ0n) is 12.5. The van der Waals surface area contributed by atoms with E-state index in [0.717, 1.165) is 38.3 Å². The molecule has 2 amide bonds. The van der Waals surface area contributed by atoms with E-state index < -0.39 is 0 Å². The lowest BCUT2D eigenvalue weighted by atomic mass is 10.1. The summed E-state index contributed by atoms with van der Waals surface area (Å²) >= 11 is 11.9. The molecule has 1 aromatic rings. The van der Waals surface area contributed by atoms with Crippen molar-refractivity contribution in [3.8, 4) is 0 Å². The van der Waals surface area contributed by atoms with Crippen molar-refractivity contribution in [3.63, 3.8) is 0 Å². The molecule has 0 saturated carbocycles. The van der Waals surface area contributed by atoms with Gasteiger partial charge in [-0.3, -0.25) is 4.90 Å². The molecule has 0 atom stereocenters. The molecule has 22 heavy (non-hydrogen) atoms. The molecule has 0 unspecified atom stereocenters. The molecule has 1 aromatic carbocycles. The molecule has 0 aliphatic carbocycles.